The minimum atomic E-state index is -1.44. The lowest BCUT2D eigenvalue weighted by molar-refractivity contribution is -0.306. The lowest BCUT2D eigenvalue weighted by Gasteiger charge is -2.46. The number of methoxy groups -OCH3 is 1. The topological polar surface area (TPSA) is 152 Å². The third kappa shape index (κ3) is 5.41. The predicted molar refractivity (Wildman–Crippen MR) is 152 cm³/mol. The molecule has 4 atom stereocenters. The SMILES string of the molecule is COC1C(O)C(O)C(Oc2c(OC(C)C)cc3cc(NC(=O)c4cc5ccccc5[nH]4)c(=O)oc3c2C)OC1(C)C. The number of para-hydroxylation sites is 1. The molecule has 41 heavy (non-hydrogen) atoms. The molecule has 3 heterocycles. The molecule has 0 saturated carbocycles. The van der Waals surface area contributed by atoms with E-state index in [1.165, 1.54) is 13.2 Å². The van der Waals surface area contributed by atoms with Crippen molar-refractivity contribution in [2.45, 2.75) is 70.9 Å². The van der Waals surface area contributed by atoms with Crippen molar-refractivity contribution in [1.82, 2.24) is 4.98 Å². The third-order valence-electron chi connectivity index (χ3n) is 7.09. The van der Waals surface area contributed by atoms with Gasteiger partial charge in [-0.25, -0.2) is 4.79 Å². The van der Waals surface area contributed by atoms with E-state index in [4.69, 9.17) is 23.4 Å². The van der Waals surface area contributed by atoms with Crippen LogP contribution in [0.4, 0.5) is 5.69 Å². The Morgan fingerprint density at radius 1 is 1.10 bits per heavy atom. The number of carbonyl (C=O) groups excluding carboxylic acids is 1. The van der Waals surface area contributed by atoms with Crippen LogP contribution in [0.3, 0.4) is 0 Å². The van der Waals surface area contributed by atoms with Crippen LogP contribution < -0.4 is 20.4 Å². The van der Waals surface area contributed by atoms with Gasteiger partial charge in [0.05, 0.1) is 11.7 Å². The Hall–Kier alpha value is -3.90. The fraction of sp³-hybridized carbons (Fsp3) is 0.400. The van der Waals surface area contributed by atoms with Crippen molar-refractivity contribution in [3.05, 3.63) is 64.1 Å². The molecule has 4 aromatic rings. The van der Waals surface area contributed by atoms with Gasteiger partial charge in [0.2, 0.25) is 6.29 Å². The molecule has 1 aliphatic rings. The molecule has 0 bridgehead atoms. The van der Waals surface area contributed by atoms with Crippen LogP contribution in [0.1, 0.15) is 43.7 Å². The van der Waals surface area contributed by atoms with Crippen molar-refractivity contribution in [2.75, 3.05) is 12.4 Å². The molecule has 5 rings (SSSR count). The Kier molecular flexibility index (Phi) is 7.56. The van der Waals surface area contributed by atoms with Gasteiger partial charge in [-0.1, -0.05) is 18.2 Å². The summed E-state index contributed by atoms with van der Waals surface area (Å²) in [6.07, 6.45) is -5.06. The summed E-state index contributed by atoms with van der Waals surface area (Å²) in [4.78, 5) is 28.9. The number of benzene rings is 2. The van der Waals surface area contributed by atoms with Crippen molar-refractivity contribution in [2.24, 2.45) is 0 Å². The summed E-state index contributed by atoms with van der Waals surface area (Å²) in [5.74, 6) is -0.0296. The highest BCUT2D eigenvalue weighted by Gasteiger charge is 2.50. The van der Waals surface area contributed by atoms with E-state index in [-0.39, 0.29) is 23.1 Å². The molecule has 1 amide bonds. The monoisotopic (exact) mass is 566 g/mol. The maximum absolute atomic E-state index is 13.0. The summed E-state index contributed by atoms with van der Waals surface area (Å²) in [6.45, 7) is 8.78. The fourth-order valence-corrected chi connectivity index (χ4v) is 5.16. The second-order valence-electron chi connectivity index (χ2n) is 10.9. The quantitative estimate of drug-likeness (QED) is 0.244. The molecular formula is C30H34N2O9. The number of hydrogen-bond donors (Lipinski definition) is 4. The van der Waals surface area contributed by atoms with Gasteiger partial charge in [-0.05, 0) is 58.9 Å². The van der Waals surface area contributed by atoms with Gasteiger partial charge in [0.1, 0.15) is 35.3 Å². The number of aryl methyl sites for hydroxylation is 1. The number of nitrogens with one attached hydrogen (secondary N) is 2. The Bertz CT molecular complexity index is 1620. The molecule has 4 N–H and O–H groups in total. The number of carbonyl (C=O) groups is 1. The molecule has 2 aromatic heterocycles. The molecule has 0 radical (unpaired) electrons. The average Bonchev–Trinajstić information content (AvgIpc) is 3.35. The van der Waals surface area contributed by atoms with Gasteiger partial charge >= 0.3 is 5.63 Å². The van der Waals surface area contributed by atoms with Crippen molar-refractivity contribution in [3.63, 3.8) is 0 Å². The molecule has 1 aliphatic heterocycles. The van der Waals surface area contributed by atoms with Crippen molar-refractivity contribution < 1.29 is 38.4 Å². The van der Waals surface area contributed by atoms with Gasteiger partial charge in [-0.3, -0.25) is 4.79 Å². The van der Waals surface area contributed by atoms with Crippen molar-refractivity contribution in [1.29, 1.82) is 0 Å². The Morgan fingerprint density at radius 2 is 1.83 bits per heavy atom. The Morgan fingerprint density at radius 3 is 2.51 bits per heavy atom. The van der Waals surface area contributed by atoms with E-state index >= 15 is 0 Å². The summed E-state index contributed by atoms with van der Waals surface area (Å²) in [7, 11) is 1.42. The lowest BCUT2D eigenvalue weighted by atomic mass is 9.89. The summed E-state index contributed by atoms with van der Waals surface area (Å²) in [6, 6.07) is 12.3. The number of rotatable bonds is 7. The number of ether oxygens (including phenoxy) is 4. The van der Waals surface area contributed by atoms with Crippen LogP contribution in [0.15, 0.2) is 51.7 Å². The highest BCUT2D eigenvalue weighted by atomic mass is 16.7. The van der Waals surface area contributed by atoms with E-state index in [0.29, 0.717) is 22.4 Å². The molecule has 11 heteroatoms. The first-order chi connectivity index (χ1) is 19.4. The first-order valence-electron chi connectivity index (χ1n) is 13.3. The van der Waals surface area contributed by atoms with E-state index in [0.717, 1.165) is 10.9 Å². The van der Waals surface area contributed by atoms with Gasteiger partial charge < -0.3 is 43.9 Å². The molecule has 1 fully saturated rings. The normalized spacial score (nSPS) is 22.3. The van der Waals surface area contributed by atoms with Crippen LogP contribution in [0, 0.1) is 6.92 Å². The van der Waals surface area contributed by atoms with Gasteiger partial charge in [0.15, 0.2) is 11.5 Å². The van der Waals surface area contributed by atoms with Gasteiger partial charge in [-0.15, -0.1) is 0 Å². The average molecular weight is 567 g/mol. The lowest BCUT2D eigenvalue weighted by Crippen LogP contribution is -2.63. The molecule has 2 aromatic carbocycles. The van der Waals surface area contributed by atoms with Gasteiger partial charge in [0, 0.05) is 29.0 Å². The van der Waals surface area contributed by atoms with Gasteiger partial charge in [-0.2, -0.15) is 0 Å². The second-order valence-corrected chi connectivity index (χ2v) is 10.9. The third-order valence-corrected chi connectivity index (χ3v) is 7.09. The zero-order valence-corrected chi connectivity index (χ0v) is 23.7. The van der Waals surface area contributed by atoms with E-state index in [2.05, 4.69) is 10.3 Å². The van der Waals surface area contributed by atoms with Crippen LogP contribution >= 0.6 is 0 Å². The number of amides is 1. The zero-order chi connectivity index (χ0) is 29.6. The minimum absolute atomic E-state index is 0.0498. The molecule has 0 aliphatic carbocycles. The molecule has 0 spiro atoms. The Labute approximate surface area is 236 Å². The van der Waals surface area contributed by atoms with Crippen molar-refractivity contribution >= 4 is 33.5 Å². The maximum Gasteiger partial charge on any atom is 0.360 e. The summed E-state index contributed by atoms with van der Waals surface area (Å²) in [5, 5.41) is 25.4. The fourth-order valence-electron chi connectivity index (χ4n) is 5.16. The van der Waals surface area contributed by atoms with Gasteiger partial charge in [0.25, 0.3) is 5.91 Å². The second kappa shape index (κ2) is 10.8. The first-order valence-corrected chi connectivity index (χ1v) is 13.3. The Balaban J connectivity index is 1.50. The number of hydrogen-bond acceptors (Lipinski definition) is 9. The minimum Gasteiger partial charge on any atom is -0.487 e. The van der Waals surface area contributed by atoms with Crippen LogP contribution in [0.5, 0.6) is 11.5 Å². The van der Waals surface area contributed by atoms with E-state index in [1.807, 2.05) is 38.1 Å². The van der Waals surface area contributed by atoms with Crippen LogP contribution in [-0.4, -0.2) is 64.5 Å². The molecule has 218 valence electrons. The van der Waals surface area contributed by atoms with Crippen LogP contribution in [0.25, 0.3) is 21.9 Å². The number of fused-ring (bicyclic) bond motifs is 2. The number of aliphatic hydroxyl groups is 2. The van der Waals surface area contributed by atoms with Crippen LogP contribution in [0.2, 0.25) is 0 Å². The smallest absolute Gasteiger partial charge is 0.360 e. The summed E-state index contributed by atoms with van der Waals surface area (Å²) < 4.78 is 29.1. The number of aromatic nitrogens is 1. The van der Waals surface area contributed by atoms with Crippen molar-refractivity contribution in [3.8, 4) is 11.5 Å². The largest absolute Gasteiger partial charge is 0.487 e. The molecule has 4 unspecified atom stereocenters. The molecular weight excluding hydrogens is 532 g/mol. The highest BCUT2D eigenvalue weighted by Crippen LogP contribution is 2.41. The predicted octanol–water partition coefficient (Wildman–Crippen LogP) is 3.87. The number of aliphatic hydroxyl groups excluding tert-OH is 2. The first kappa shape index (κ1) is 28.6. The zero-order valence-electron chi connectivity index (χ0n) is 23.7. The standard InChI is InChI=1S/C30H34N2O9/c1-14(2)38-21-13-17-12-20(32-27(35)19-11-16-9-7-8-10-18(16)31-19)28(36)39-24(17)15(3)25(21)40-29-23(34)22(33)26(37-6)30(4,5)41-29/h7-14,22-23,26,29,31,33-34H,1-6H3,(H,32,35). The summed E-state index contributed by atoms with van der Waals surface area (Å²) >= 11 is 0. The molecule has 1 saturated heterocycles. The highest BCUT2D eigenvalue weighted by molar-refractivity contribution is 6.06. The van der Waals surface area contributed by atoms with Crippen LogP contribution in [-0.2, 0) is 9.47 Å². The number of aromatic amines is 1. The summed E-state index contributed by atoms with van der Waals surface area (Å²) in [5.41, 5.74) is -0.116. The number of H-pyrrole nitrogens is 1. The number of anilines is 1. The molecule has 11 nitrogen and oxygen atoms in total. The van der Waals surface area contributed by atoms with E-state index < -0.39 is 41.7 Å². The maximum atomic E-state index is 13.0. The van der Waals surface area contributed by atoms with E-state index in [9.17, 15) is 19.8 Å². The van der Waals surface area contributed by atoms with E-state index in [1.54, 1.807) is 32.9 Å².